The van der Waals surface area contributed by atoms with Crippen LogP contribution in [-0.4, -0.2) is 0 Å². The second-order valence-corrected chi connectivity index (χ2v) is 11.2. The number of ether oxygens (including phenoxy) is 1. The van der Waals surface area contributed by atoms with E-state index in [2.05, 4.69) is 158 Å². The van der Waals surface area contributed by atoms with E-state index in [4.69, 9.17) is 4.74 Å². The van der Waals surface area contributed by atoms with Crippen molar-refractivity contribution in [1.82, 2.24) is 0 Å². The van der Waals surface area contributed by atoms with Crippen molar-refractivity contribution in [2.45, 2.75) is 5.41 Å². The highest BCUT2D eigenvalue weighted by atomic mass is 16.5. The number of rotatable bonds is 3. The van der Waals surface area contributed by atoms with Crippen LogP contribution >= 0.6 is 0 Å². The standard InChI is InChI=1S/C41H26O/c1-2-15-28(16-3-1)41(35-23-7-4-17-29(35)30-18-5-8-24-36(30)41)37-25-9-6-19-31(37)33-21-12-22-34-32-20-10-13-27-14-11-26-38(39(27)32)42-40(33)34/h1-26H. The van der Waals surface area contributed by atoms with Gasteiger partial charge in [-0.15, -0.1) is 0 Å². The van der Waals surface area contributed by atoms with E-state index in [0.29, 0.717) is 0 Å². The van der Waals surface area contributed by atoms with E-state index in [9.17, 15) is 0 Å². The molecule has 1 aliphatic carbocycles. The predicted molar refractivity (Wildman–Crippen MR) is 172 cm³/mol. The first-order chi connectivity index (χ1) is 20.9. The van der Waals surface area contributed by atoms with Crippen molar-refractivity contribution in [1.29, 1.82) is 0 Å². The average molecular weight is 535 g/mol. The summed E-state index contributed by atoms with van der Waals surface area (Å²) in [5.74, 6) is 1.83. The lowest BCUT2D eigenvalue weighted by Crippen LogP contribution is -2.29. The first kappa shape index (κ1) is 23.3. The number of benzene rings is 7. The molecule has 0 saturated heterocycles. The van der Waals surface area contributed by atoms with Crippen molar-refractivity contribution in [3.8, 4) is 44.9 Å². The van der Waals surface area contributed by atoms with Gasteiger partial charge in [0.2, 0.25) is 0 Å². The number of para-hydroxylation sites is 1. The fourth-order valence-electron chi connectivity index (χ4n) is 7.52. The Morgan fingerprint density at radius 1 is 0.357 bits per heavy atom. The molecule has 1 aliphatic heterocycles. The third-order valence-electron chi connectivity index (χ3n) is 9.16. The minimum Gasteiger partial charge on any atom is -0.455 e. The Kier molecular flexibility index (Phi) is 4.88. The highest BCUT2D eigenvalue weighted by Crippen LogP contribution is 2.59. The zero-order chi connectivity index (χ0) is 27.7. The summed E-state index contributed by atoms with van der Waals surface area (Å²) < 4.78 is 6.83. The smallest absolute Gasteiger partial charge is 0.143 e. The molecule has 1 heterocycles. The molecular formula is C41H26O. The minimum absolute atomic E-state index is 0.486. The Morgan fingerprint density at radius 2 is 0.810 bits per heavy atom. The summed E-state index contributed by atoms with van der Waals surface area (Å²) in [5.41, 5.74) is 11.9. The van der Waals surface area contributed by atoms with Crippen molar-refractivity contribution in [3.05, 3.63) is 180 Å². The molecule has 0 spiro atoms. The average Bonchev–Trinajstić information content (AvgIpc) is 3.36. The van der Waals surface area contributed by atoms with Crippen LogP contribution in [-0.2, 0) is 5.41 Å². The van der Waals surface area contributed by atoms with Crippen molar-refractivity contribution in [2.24, 2.45) is 0 Å². The zero-order valence-corrected chi connectivity index (χ0v) is 22.9. The second kappa shape index (κ2) is 8.80. The SMILES string of the molecule is c1ccc(C2(c3ccccc3-c3cccc4c3Oc3cccc5cccc-4c35)c3ccccc3-c3ccccc32)cc1. The number of hydrogen-bond donors (Lipinski definition) is 0. The summed E-state index contributed by atoms with van der Waals surface area (Å²) >= 11 is 0. The van der Waals surface area contributed by atoms with Crippen molar-refractivity contribution in [3.63, 3.8) is 0 Å². The monoisotopic (exact) mass is 534 g/mol. The van der Waals surface area contributed by atoms with Crippen LogP contribution in [0.2, 0.25) is 0 Å². The van der Waals surface area contributed by atoms with Gasteiger partial charge in [-0.2, -0.15) is 0 Å². The quantitative estimate of drug-likeness (QED) is 0.219. The maximum atomic E-state index is 6.83. The lowest BCUT2D eigenvalue weighted by atomic mass is 9.66. The minimum atomic E-state index is -0.486. The molecule has 0 bridgehead atoms. The summed E-state index contributed by atoms with van der Waals surface area (Å²) in [7, 11) is 0. The highest BCUT2D eigenvalue weighted by Gasteiger charge is 2.47. The first-order valence-electron chi connectivity index (χ1n) is 14.5. The molecule has 196 valence electrons. The van der Waals surface area contributed by atoms with Gasteiger partial charge in [-0.3, -0.25) is 0 Å². The third kappa shape index (κ3) is 3.03. The van der Waals surface area contributed by atoms with E-state index in [1.165, 1.54) is 55.3 Å². The molecule has 42 heavy (non-hydrogen) atoms. The van der Waals surface area contributed by atoms with Crippen molar-refractivity contribution >= 4 is 10.8 Å². The van der Waals surface area contributed by atoms with Gasteiger partial charge >= 0.3 is 0 Å². The van der Waals surface area contributed by atoms with Crippen LogP contribution < -0.4 is 4.74 Å². The molecule has 7 aromatic carbocycles. The lowest BCUT2D eigenvalue weighted by molar-refractivity contribution is 0.488. The molecule has 0 fully saturated rings. The lowest BCUT2D eigenvalue weighted by Gasteiger charge is -2.36. The van der Waals surface area contributed by atoms with E-state index in [0.717, 1.165) is 22.6 Å². The fraction of sp³-hybridized carbons (Fsp3) is 0.0244. The van der Waals surface area contributed by atoms with Crippen LogP contribution in [0.15, 0.2) is 158 Å². The van der Waals surface area contributed by atoms with Gasteiger partial charge in [0.25, 0.3) is 0 Å². The molecule has 0 saturated carbocycles. The Balaban J connectivity index is 1.38. The molecule has 0 atom stereocenters. The summed E-state index contributed by atoms with van der Waals surface area (Å²) in [6, 6.07) is 57.2. The Morgan fingerprint density at radius 3 is 1.45 bits per heavy atom. The van der Waals surface area contributed by atoms with Gasteiger partial charge in [0.05, 0.1) is 5.41 Å². The van der Waals surface area contributed by atoms with Gasteiger partial charge in [0.15, 0.2) is 0 Å². The summed E-state index contributed by atoms with van der Waals surface area (Å²) in [5, 5.41) is 2.38. The van der Waals surface area contributed by atoms with E-state index >= 15 is 0 Å². The van der Waals surface area contributed by atoms with Crippen molar-refractivity contribution in [2.75, 3.05) is 0 Å². The maximum Gasteiger partial charge on any atom is 0.143 e. The van der Waals surface area contributed by atoms with Crippen molar-refractivity contribution < 1.29 is 4.74 Å². The number of fused-ring (bicyclic) bond motifs is 5. The molecule has 9 rings (SSSR count). The van der Waals surface area contributed by atoms with Gasteiger partial charge in [0, 0.05) is 16.5 Å². The number of hydrogen-bond acceptors (Lipinski definition) is 1. The van der Waals surface area contributed by atoms with Crippen LogP contribution in [0.5, 0.6) is 11.5 Å². The molecule has 1 nitrogen and oxygen atoms in total. The Labute approximate surface area is 245 Å². The third-order valence-corrected chi connectivity index (χ3v) is 9.16. The van der Waals surface area contributed by atoms with Crippen LogP contribution in [0.25, 0.3) is 44.2 Å². The molecule has 1 heteroatoms. The second-order valence-electron chi connectivity index (χ2n) is 11.2. The topological polar surface area (TPSA) is 9.23 Å². The predicted octanol–water partition coefficient (Wildman–Crippen LogP) is 10.6. The normalized spacial score (nSPS) is 13.6. The summed E-state index contributed by atoms with van der Waals surface area (Å²) in [6.07, 6.45) is 0. The Bertz CT molecular complexity index is 2120. The molecule has 0 aromatic heterocycles. The molecule has 0 radical (unpaired) electrons. The molecule has 0 amide bonds. The van der Waals surface area contributed by atoms with Crippen LogP contribution in [0.3, 0.4) is 0 Å². The largest absolute Gasteiger partial charge is 0.455 e. The van der Waals surface area contributed by atoms with Gasteiger partial charge in [0.1, 0.15) is 11.5 Å². The van der Waals surface area contributed by atoms with Crippen LogP contribution in [0.4, 0.5) is 0 Å². The zero-order valence-electron chi connectivity index (χ0n) is 22.9. The molecule has 2 aliphatic rings. The molecule has 0 N–H and O–H groups in total. The van der Waals surface area contributed by atoms with Gasteiger partial charge in [-0.25, -0.2) is 0 Å². The molecule has 7 aromatic rings. The van der Waals surface area contributed by atoms with E-state index < -0.39 is 5.41 Å². The summed E-state index contributed by atoms with van der Waals surface area (Å²) in [4.78, 5) is 0. The summed E-state index contributed by atoms with van der Waals surface area (Å²) in [6.45, 7) is 0. The first-order valence-corrected chi connectivity index (χ1v) is 14.5. The van der Waals surface area contributed by atoms with Gasteiger partial charge in [-0.1, -0.05) is 152 Å². The molecular weight excluding hydrogens is 508 g/mol. The fourth-order valence-corrected chi connectivity index (χ4v) is 7.52. The van der Waals surface area contributed by atoms with E-state index in [-0.39, 0.29) is 0 Å². The molecule has 0 unspecified atom stereocenters. The Hall–Kier alpha value is -5.40. The van der Waals surface area contributed by atoms with Gasteiger partial charge < -0.3 is 4.74 Å². The van der Waals surface area contributed by atoms with E-state index in [1.54, 1.807) is 0 Å². The van der Waals surface area contributed by atoms with E-state index in [1.807, 2.05) is 0 Å². The van der Waals surface area contributed by atoms with Gasteiger partial charge in [-0.05, 0) is 56.0 Å². The maximum absolute atomic E-state index is 6.83. The van der Waals surface area contributed by atoms with Crippen LogP contribution in [0, 0.1) is 0 Å². The van der Waals surface area contributed by atoms with Crippen LogP contribution in [0.1, 0.15) is 22.3 Å². The highest BCUT2D eigenvalue weighted by molar-refractivity contribution is 6.05.